The van der Waals surface area contributed by atoms with Gasteiger partial charge in [-0.25, -0.2) is 0 Å². The summed E-state index contributed by atoms with van der Waals surface area (Å²) in [4.78, 5) is 14.2. The standard InChI is InChI=1S/C15H23N3O/c1-2-17-15(19)12-6-7-13(14(16)10-12)11-18-8-4-3-5-9-18/h6-7,10H,2-5,8-9,11,16H2,1H3,(H,17,19). The van der Waals surface area contributed by atoms with Gasteiger partial charge >= 0.3 is 0 Å². The van der Waals surface area contributed by atoms with Gasteiger partial charge in [0.15, 0.2) is 0 Å². The summed E-state index contributed by atoms with van der Waals surface area (Å²) in [5, 5.41) is 2.78. The summed E-state index contributed by atoms with van der Waals surface area (Å²) in [5.74, 6) is -0.0567. The lowest BCUT2D eigenvalue weighted by molar-refractivity contribution is 0.0956. The SMILES string of the molecule is CCNC(=O)c1ccc(CN2CCCCC2)c(N)c1. The van der Waals surface area contributed by atoms with E-state index in [4.69, 9.17) is 5.73 Å². The number of benzene rings is 1. The maximum Gasteiger partial charge on any atom is 0.251 e. The molecule has 0 saturated carbocycles. The molecule has 0 bridgehead atoms. The minimum Gasteiger partial charge on any atom is -0.398 e. The number of carbonyl (C=O) groups excluding carboxylic acids is 1. The second kappa shape index (κ2) is 6.57. The molecule has 1 heterocycles. The maximum atomic E-state index is 11.7. The molecule has 1 aromatic carbocycles. The molecule has 0 unspecified atom stereocenters. The fraction of sp³-hybridized carbons (Fsp3) is 0.533. The van der Waals surface area contributed by atoms with Crippen LogP contribution in [-0.2, 0) is 6.54 Å². The summed E-state index contributed by atoms with van der Waals surface area (Å²) in [7, 11) is 0. The molecule has 1 amide bonds. The number of carbonyl (C=O) groups is 1. The van der Waals surface area contributed by atoms with Crippen molar-refractivity contribution in [2.45, 2.75) is 32.7 Å². The lowest BCUT2D eigenvalue weighted by Gasteiger charge is -2.27. The van der Waals surface area contributed by atoms with E-state index in [1.807, 2.05) is 19.1 Å². The van der Waals surface area contributed by atoms with E-state index in [0.717, 1.165) is 25.2 Å². The fourth-order valence-electron chi connectivity index (χ4n) is 2.50. The van der Waals surface area contributed by atoms with E-state index < -0.39 is 0 Å². The second-order valence-corrected chi connectivity index (χ2v) is 5.11. The van der Waals surface area contributed by atoms with Gasteiger partial charge in [0.1, 0.15) is 0 Å². The van der Waals surface area contributed by atoms with Gasteiger partial charge in [-0.3, -0.25) is 9.69 Å². The Morgan fingerprint density at radius 3 is 2.68 bits per heavy atom. The van der Waals surface area contributed by atoms with Crippen LogP contribution >= 0.6 is 0 Å². The second-order valence-electron chi connectivity index (χ2n) is 5.11. The van der Waals surface area contributed by atoms with Crippen LogP contribution in [0, 0.1) is 0 Å². The van der Waals surface area contributed by atoms with Crippen molar-refractivity contribution in [2.24, 2.45) is 0 Å². The smallest absolute Gasteiger partial charge is 0.251 e. The van der Waals surface area contributed by atoms with E-state index in [2.05, 4.69) is 10.2 Å². The van der Waals surface area contributed by atoms with Gasteiger partial charge in [-0.15, -0.1) is 0 Å². The van der Waals surface area contributed by atoms with Crippen LogP contribution in [0.4, 0.5) is 5.69 Å². The highest BCUT2D eigenvalue weighted by molar-refractivity contribution is 5.95. The lowest BCUT2D eigenvalue weighted by Crippen LogP contribution is -2.29. The first-order valence-electron chi connectivity index (χ1n) is 7.09. The predicted octanol–water partition coefficient (Wildman–Crippen LogP) is 2.00. The number of amides is 1. The molecule has 0 aromatic heterocycles. The van der Waals surface area contributed by atoms with E-state index in [-0.39, 0.29) is 5.91 Å². The molecule has 1 aliphatic rings. The quantitative estimate of drug-likeness (QED) is 0.815. The van der Waals surface area contributed by atoms with Gasteiger partial charge in [-0.05, 0) is 50.6 Å². The van der Waals surface area contributed by atoms with Gasteiger partial charge in [-0.1, -0.05) is 12.5 Å². The average molecular weight is 261 g/mol. The zero-order valence-corrected chi connectivity index (χ0v) is 11.6. The van der Waals surface area contributed by atoms with Crippen LogP contribution in [0.2, 0.25) is 0 Å². The molecular formula is C15H23N3O. The van der Waals surface area contributed by atoms with Crippen molar-refractivity contribution in [2.75, 3.05) is 25.4 Å². The number of rotatable bonds is 4. The Balaban J connectivity index is 2.04. The Morgan fingerprint density at radius 1 is 1.32 bits per heavy atom. The van der Waals surface area contributed by atoms with Crippen LogP contribution in [0.25, 0.3) is 0 Å². The van der Waals surface area contributed by atoms with Crippen molar-refractivity contribution in [1.29, 1.82) is 0 Å². The van der Waals surface area contributed by atoms with Crippen LogP contribution in [0.15, 0.2) is 18.2 Å². The number of nitrogens with one attached hydrogen (secondary N) is 1. The Kier molecular flexibility index (Phi) is 4.80. The van der Waals surface area contributed by atoms with Gasteiger partial charge in [0.05, 0.1) is 0 Å². The van der Waals surface area contributed by atoms with E-state index in [1.54, 1.807) is 6.07 Å². The molecule has 4 nitrogen and oxygen atoms in total. The van der Waals surface area contributed by atoms with E-state index in [0.29, 0.717) is 17.8 Å². The third kappa shape index (κ3) is 3.70. The highest BCUT2D eigenvalue weighted by atomic mass is 16.1. The minimum atomic E-state index is -0.0567. The third-order valence-electron chi connectivity index (χ3n) is 3.59. The molecule has 3 N–H and O–H groups in total. The first kappa shape index (κ1) is 13.9. The number of likely N-dealkylation sites (tertiary alicyclic amines) is 1. The van der Waals surface area contributed by atoms with Crippen LogP contribution in [0.5, 0.6) is 0 Å². The number of hydrogen-bond donors (Lipinski definition) is 2. The Bertz CT molecular complexity index is 439. The summed E-state index contributed by atoms with van der Waals surface area (Å²) in [6, 6.07) is 5.62. The van der Waals surface area contributed by atoms with E-state index in [1.165, 1.54) is 19.3 Å². The summed E-state index contributed by atoms with van der Waals surface area (Å²) >= 11 is 0. The topological polar surface area (TPSA) is 58.4 Å². The summed E-state index contributed by atoms with van der Waals surface area (Å²) in [6.07, 6.45) is 3.88. The Labute approximate surface area is 115 Å². The van der Waals surface area contributed by atoms with Gasteiger partial charge in [-0.2, -0.15) is 0 Å². The number of nitrogens with two attached hydrogens (primary N) is 1. The molecule has 1 fully saturated rings. The zero-order valence-electron chi connectivity index (χ0n) is 11.6. The molecule has 1 aliphatic heterocycles. The number of piperidine rings is 1. The lowest BCUT2D eigenvalue weighted by atomic mass is 10.1. The summed E-state index contributed by atoms with van der Waals surface area (Å²) in [6.45, 7) is 5.73. The molecule has 104 valence electrons. The van der Waals surface area contributed by atoms with Gasteiger partial charge in [0.25, 0.3) is 5.91 Å². The number of hydrogen-bond acceptors (Lipinski definition) is 3. The molecule has 0 spiro atoms. The highest BCUT2D eigenvalue weighted by Gasteiger charge is 2.13. The van der Waals surface area contributed by atoms with Crippen molar-refractivity contribution in [3.05, 3.63) is 29.3 Å². The monoisotopic (exact) mass is 261 g/mol. The molecule has 2 rings (SSSR count). The zero-order chi connectivity index (χ0) is 13.7. The highest BCUT2D eigenvalue weighted by Crippen LogP contribution is 2.19. The number of nitrogens with zero attached hydrogens (tertiary/aromatic N) is 1. The van der Waals surface area contributed by atoms with Crippen molar-refractivity contribution in [3.63, 3.8) is 0 Å². The van der Waals surface area contributed by atoms with Crippen molar-refractivity contribution < 1.29 is 4.79 Å². The van der Waals surface area contributed by atoms with Crippen LogP contribution in [0.3, 0.4) is 0 Å². The predicted molar refractivity (Wildman–Crippen MR) is 78.0 cm³/mol. The molecule has 1 aromatic rings. The number of nitrogen functional groups attached to an aromatic ring is 1. The first-order valence-corrected chi connectivity index (χ1v) is 7.09. The van der Waals surface area contributed by atoms with E-state index >= 15 is 0 Å². The molecule has 1 saturated heterocycles. The molecular weight excluding hydrogens is 238 g/mol. The third-order valence-corrected chi connectivity index (χ3v) is 3.59. The van der Waals surface area contributed by atoms with Crippen LogP contribution in [-0.4, -0.2) is 30.4 Å². The minimum absolute atomic E-state index is 0.0567. The van der Waals surface area contributed by atoms with Gasteiger partial charge < -0.3 is 11.1 Å². The molecule has 0 aliphatic carbocycles. The fourth-order valence-corrected chi connectivity index (χ4v) is 2.50. The number of anilines is 1. The Hall–Kier alpha value is -1.55. The summed E-state index contributed by atoms with van der Waals surface area (Å²) in [5.41, 5.74) is 8.54. The van der Waals surface area contributed by atoms with Crippen LogP contribution in [0.1, 0.15) is 42.1 Å². The normalized spacial score (nSPS) is 16.3. The van der Waals surface area contributed by atoms with Crippen molar-refractivity contribution in [1.82, 2.24) is 10.2 Å². The molecule has 0 radical (unpaired) electrons. The van der Waals surface area contributed by atoms with E-state index in [9.17, 15) is 4.79 Å². The molecule has 19 heavy (non-hydrogen) atoms. The van der Waals surface area contributed by atoms with Crippen LogP contribution < -0.4 is 11.1 Å². The summed E-state index contributed by atoms with van der Waals surface area (Å²) < 4.78 is 0. The largest absolute Gasteiger partial charge is 0.398 e. The van der Waals surface area contributed by atoms with Gasteiger partial charge in [0.2, 0.25) is 0 Å². The molecule has 4 heteroatoms. The average Bonchev–Trinajstić information content (AvgIpc) is 2.42. The molecule has 0 atom stereocenters. The maximum absolute atomic E-state index is 11.7. The van der Waals surface area contributed by atoms with Crippen molar-refractivity contribution >= 4 is 11.6 Å². The van der Waals surface area contributed by atoms with Gasteiger partial charge in [0, 0.05) is 24.3 Å². The van der Waals surface area contributed by atoms with Crippen molar-refractivity contribution in [3.8, 4) is 0 Å². The first-order chi connectivity index (χ1) is 9.20. The Morgan fingerprint density at radius 2 is 2.05 bits per heavy atom.